The second kappa shape index (κ2) is 13.3. The Labute approximate surface area is 211 Å². The van der Waals surface area contributed by atoms with Crippen LogP contribution in [0.4, 0.5) is 0 Å². The summed E-state index contributed by atoms with van der Waals surface area (Å²) in [7, 11) is 1.60. The molecule has 2 aliphatic heterocycles. The quantitative estimate of drug-likeness (QED) is 0.380. The summed E-state index contributed by atoms with van der Waals surface area (Å²) in [4.78, 5) is 13.3. The monoisotopic (exact) mass is 496 g/mol. The van der Waals surface area contributed by atoms with Gasteiger partial charge in [0.05, 0.1) is 12.2 Å². The van der Waals surface area contributed by atoms with Gasteiger partial charge < -0.3 is 29.2 Å². The van der Waals surface area contributed by atoms with Gasteiger partial charge in [-0.15, -0.1) is 0 Å². The minimum absolute atomic E-state index is 0.00686. The number of hydrogen-bond donors (Lipinski definition) is 2. The van der Waals surface area contributed by atoms with E-state index in [-0.39, 0.29) is 30.5 Å². The van der Waals surface area contributed by atoms with Crippen LogP contribution in [0, 0.1) is 23.7 Å². The Kier molecular flexibility index (Phi) is 11.4. The van der Waals surface area contributed by atoms with E-state index < -0.39 is 36.2 Å². The number of fused-ring (bicyclic) bond motifs is 1. The maximum absolute atomic E-state index is 13.3. The number of aliphatic hydroxyl groups is 2. The van der Waals surface area contributed by atoms with Crippen molar-refractivity contribution < 1.29 is 34.0 Å². The first-order chi connectivity index (χ1) is 16.4. The van der Waals surface area contributed by atoms with E-state index in [1.165, 1.54) is 0 Å². The Balaban J connectivity index is 2.26. The Morgan fingerprint density at radius 3 is 2.54 bits per heavy atom. The third kappa shape index (κ3) is 8.39. The van der Waals surface area contributed by atoms with Gasteiger partial charge in [-0.05, 0) is 57.4 Å². The molecule has 1 fully saturated rings. The van der Waals surface area contributed by atoms with Crippen LogP contribution in [0.2, 0.25) is 0 Å². The zero-order chi connectivity index (χ0) is 26.3. The molecule has 0 unspecified atom stereocenters. The smallest absolute Gasteiger partial charge is 0.339 e. The predicted octanol–water partition coefficient (Wildman–Crippen LogP) is 4.41. The Hall–Kier alpha value is -1.25. The Morgan fingerprint density at radius 2 is 1.91 bits per heavy atom. The van der Waals surface area contributed by atoms with Gasteiger partial charge in [0.1, 0.15) is 12.2 Å². The summed E-state index contributed by atoms with van der Waals surface area (Å²) < 4.78 is 23.5. The average molecular weight is 497 g/mol. The molecule has 0 aromatic heterocycles. The number of ether oxygens (including phenoxy) is 4. The zero-order valence-electron chi connectivity index (χ0n) is 22.9. The molecule has 0 bridgehead atoms. The highest BCUT2D eigenvalue weighted by Gasteiger charge is 2.46. The van der Waals surface area contributed by atoms with Crippen LogP contribution < -0.4 is 0 Å². The molecule has 0 amide bonds. The molecule has 0 aromatic carbocycles. The summed E-state index contributed by atoms with van der Waals surface area (Å²) in [6.45, 7) is 13.8. The fourth-order valence-corrected chi connectivity index (χ4v) is 5.30. The number of hydrogen-bond acceptors (Lipinski definition) is 7. The molecule has 35 heavy (non-hydrogen) atoms. The predicted molar refractivity (Wildman–Crippen MR) is 136 cm³/mol. The molecule has 0 radical (unpaired) electrons. The lowest BCUT2D eigenvalue weighted by atomic mass is 9.85. The van der Waals surface area contributed by atoms with Crippen molar-refractivity contribution in [2.24, 2.45) is 23.7 Å². The van der Waals surface area contributed by atoms with Crippen LogP contribution in [0.15, 0.2) is 23.8 Å². The van der Waals surface area contributed by atoms with Crippen LogP contribution in [0.5, 0.6) is 0 Å². The van der Waals surface area contributed by atoms with Crippen molar-refractivity contribution in [3.63, 3.8) is 0 Å². The number of methoxy groups -OCH3 is 1. The van der Waals surface area contributed by atoms with Crippen molar-refractivity contribution in [2.45, 2.75) is 110 Å². The molecule has 0 aromatic rings. The number of carbonyl (C=O) groups is 1. The lowest BCUT2D eigenvalue weighted by Gasteiger charge is -2.31. The first kappa shape index (κ1) is 30.0. The van der Waals surface area contributed by atoms with Crippen molar-refractivity contribution in [1.82, 2.24) is 0 Å². The summed E-state index contributed by atoms with van der Waals surface area (Å²) in [5.74, 6) is -1.15. The highest BCUT2D eigenvalue weighted by molar-refractivity contribution is 5.76. The number of cyclic esters (lactones) is 1. The molecule has 2 N–H and O–H groups in total. The first-order valence-electron chi connectivity index (χ1n) is 13.1. The van der Waals surface area contributed by atoms with Crippen molar-refractivity contribution in [2.75, 3.05) is 13.7 Å². The van der Waals surface area contributed by atoms with E-state index in [1.807, 2.05) is 46.8 Å². The standard InChI is InChI=1S/C28H48O7/c1-17-10-9-11-18(2)25(33-27(31)26-23(13-12-17)34-28(6,7)35-26)20(4)16-19(3)24(30)21(5)22(32-8)14-15-29/h12-13,16-19,21-26,29-30H,9-11,14-15H2,1-8H3/b13-12+,20-16+/t17-,18+,19-,21-,22-,23-,24+,25+,26-/m1/s1. The lowest BCUT2D eigenvalue weighted by molar-refractivity contribution is -0.174. The Bertz CT molecular complexity index is 731. The Morgan fingerprint density at radius 1 is 1.23 bits per heavy atom. The van der Waals surface area contributed by atoms with E-state index in [0.29, 0.717) is 12.3 Å². The number of aliphatic hydroxyl groups excluding tert-OH is 2. The van der Waals surface area contributed by atoms with Gasteiger partial charge in [0.25, 0.3) is 0 Å². The van der Waals surface area contributed by atoms with E-state index in [1.54, 1.807) is 7.11 Å². The fourth-order valence-electron chi connectivity index (χ4n) is 5.30. The van der Waals surface area contributed by atoms with Crippen LogP contribution in [-0.4, -0.2) is 66.2 Å². The molecular formula is C28H48O7. The molecule has 2 aliphatic rings. The van der Waals surface area contributed by atoms with Gasteiger partial charge in [0.2, 0.25) is 0 Å². The second-order valence-corrected chi connectivity index (χ2v) is 11.1. The summed E-state index contributed by atoms with van der Waals surface area (Å²) in [6.07, 6.45) is 6.88. The number of rotatable bonds is 8. The molecule has 1 saturated heterocycles. The minimum atomic E-state index is -0.866. The van der Waals surface area contributed by atoms with Crippen LogP contribution in [0.1, 0.15) is 74.1 Å². The largest absolute Gasteiger partial charge is 0.456 e. The maximum Gasteiger partial charge on any atom is 0.339 e. The molecule has 7 heteroatoms. The van der Waals surface area contributed by atoms with Crippen LogP contribution in [0.3, 0.4) is 0 Å². The summed E-state index contributed by atoms with van der Waals surface area (Å²) >= 11 is 0. The molecule has 0 aliphatic carbocycles. The van der Waals surface area contributed by atoms with Crippen LogP contribution in [0.25, 0.3) is 0 Å². The topological polar surface area (TPSA) is 94.5 Å². The maximum atomic E-state index is 13.3. The van der Waals surface area contributed by atoms with E-state index in [0.717, 1.165) is 24.8 Å². The molecule has 2 rings (SSSR count). The normalized spacial score (nSPS) is 34.5. The van der Waals surface area contributed by atoms with E-state index >= 15 is 0 Å². The molecular weight excluding hydrogens is 448 g/mol. The highest BCUT2D eigenvalue weighted by Crippen LogP contribution is 2.33. The second-order valence-electron chi connectivity index (χ2n) is 11.1. The van der Waals surface area contributed by atoms with Crippen molar-refractivity contribution in [3.05, 3.63) is 23.8 Å². The van der Waals surface area contributed by atoms with E-state index in [2.05, 4.69) is 19.9 Å². The molecule has 0 saturated carbocycles. The summed E-state index contributed by atoms with van der Waals surface area (Å²) in [5, 5.41) is 20.3. The third-order valence-corrected chi connectivity index (χ3v) is 7.42. The molecule has 202 valence electrons. The molecule has 0 spiro atoms. The van der Waals surface area contributed by atoms with Gasteiger partial charge in [-0.25, -0.2) is 4.79 Å². The fraction of sp³-hybridized carbons (Fsp3) is 0.821. The van der Waals surface area contributed by atoms with E-state index in [4.69, 9.17) is 18.9 Å². The first-order valence-corrected chi connectivity index (χ1v) is 13.1. The SMILES string of the molecule is CO[C@H](CCO)[C@@H](C)[C@@H](O)[C@H](C)/C=C(\C)[C@H]1OC(=O)[C@@H]2OC(C)(C)O[C@@H]2/C=C/[C@H](C)CCC[C@@H]1C. The van der Waals surface area contributed by atoms with Crippen molar-refractivity contribution in [1.29, 1.82) is 0 Å². The number of carbonyl (C=O) groups excluding carboxylic acids is 1. The average Bonchev–Trinajstić information content (AvgIpc) is 3.11. The lowest BCUT2D eigenvalue weighted by Crippen LogP contribution is -2.38. The van der Waals surface area contributed by atoms with Gasteiger partial charge in [-0.2, -0.15) is 0 Å². The molecule has 7 nitrogen and oxygen atoms in total. The van der Waals surface area contributed by atoms with Gasteiger partial charge in [-0.1, -0.05) is 52.3 Å². The van der Waals surface area contributed by atoms with Crippen molar-refractivity contribution in [3.8, 4) is 0 Å². The van der Waals surface area contributed by atoms with Gasteiger partial charge in [0, 0.05) is 25.6 Å². The van der Waals surface area contributed by atoms with Crippen LogP contribution in [-0.2, 0) is 23.7 Å². The molecule has 2 heterocycles. The minimum Gasteiger partial charge on any atom is -0.456 e. The summed E-state index contributed by atoms with van der Waals surface area (Å²) in [5.41, 5.74) is 0.913. The van der Waals surface area contributed by atoms with Crippen molar-refractivity contribution >= 4 is 5.97 Å². The van der Waals surface area contributed by atoms with E-state index in [9.17, 15) is 15.0 Å². The highest BCUT2D eigenvalue weighted by atomic mass is 16.8. The number of allylic oxidation sites excluding steroid dienone is 1. The number of esters is 1. The van der Waals surface area contributed by atoms with Crippen LogP contribution >= 0.6 is 0 Å². The van der Waals surface area contributed by atoms with Gasteiger partial charge >= 0.3 is 5.97 Å². The van der Waals surface area contributed by atoms with Gasteiger partial charge in [-0.3, -0.25) is 0 Å². The third-order valence-electron chi connectivity index (χ3n) is 7.42. The zero-order valence-corrected chi connectivity index (χ0v) is 22.9. The molecule has 9 atom stereocenters. The van der Waals surface area contributed by atoms with Gasteiger partial charge in [0.15, 0.2) is 11.9 Å². The summed E-state index contributed by atoms with van der Waals surface area (Å²) in [6, 6.07) is 0.